The first-order valence-corrected chi connectivity index (χ1v) is 7.61. The molecule has 0 aliphatic heterocycles. The number of halogens is 3. The summed E-state index contributed by atoms with van der Waals surface area (Å²) in [5, 5.41) is -0.423. The van der Waals surface area contributed by atoms with E-state index in [4.69, 9.17) is 0 Å². The van der Waals surface area contributed by atoms with Crippen molar-refractivity contribution in [3.05, 3.63) is 0 Å². The molecule has 0 spiro atoms. The summed E-state index contributed by atoms with van der Waals surface area (Å²) in [4.78, 5) is 0. The van der Waals surface area contributed by atoms with E-state index in [-0.39, 0.29) is 0 Å². The van der Waals surface area contributed by atoms with Crippen molar-refractivity contribution in [1.82, 2.24) is 0 Å². The Bertz CT molecular complexity index is 8.00. The van der Waals surface area contributed by atoms with Crippen LogP contribution in [0.5, 0.6) is 0 Å². The fourth-order valence-electron chi connectivity index (χ4n) is 0. The molecule has 4 radical (unpaired) electrons. The van der Waals surface area contributed by atoms with Gasteiger partial charge in [0.2, 0.25) is 0 Å². The number of rotatable bonds is 0. The van der Waals surface area contributed by atoms with Crippen molar-refractivity contribution >= 4 is 64.8 Å². The van der Waals surface area contributed by atoms with Crippen molar-refractivity contribution in [2.45, 2.75) is 0 Å². The first-order valence-electron chi connectivity index (χ1n) is 1.13. The molecule has 4 heavy (non-hydrogen) atoms. The van der Waals surface area contributed by atoms with Gasteiger partial charge in [-0.3, -0.25) is 0 Å². The molecule has 4 heteroatoms. The molecule has 0 atom stereocenters. The molecule has 0 nitrogen and oxygen atoms in total. The van der Waals surface area contributed by atoms with E-state index in [0.717, 1.165) is 0 Å². The summed E-state index contributed by atoms with van der Waals surface area (Å²) < 4.78 is 0. The maximum atomic E-state index is 2.48. The van der Waals surface area contributed by atoms with E-state index < -0.39 is 5.08 Å². The Morgan fingerprint density at radius 1 is 1.00 bits per heavy atom. The van der Waals surface area contributed by atoms with Crippen LogP contribution in [-0.2, 0) is 0 Å². The second kappa shape index (κ2) is 3.96. The van der Waals surface area contributed by atoms with Crippen molar-refractivity contribution in [2.24, 2.45) is 0 Å². The van der Waals surface area contributed by atoms with Gasteiger partial charge in [0.15, 0.2) is 0 Å². The maximum absolute atomic E-state index is 2.48. The van der Waals surface area contributed by atoms with Crippen LogP contribution < -0.4 is 0 Å². The molecular formula is I3Li. The molecule has 0 unspecified atom stereocenters. The molecule has 22 valence electrons. The van der Waals surface area contributed by atoms with Gasteiger partial charge in [-0.05, 0) is 0 Å². The molecule has 0 amide bonds. The first kappa shape index (κ1) is 6.79. The van der Waals surface area contributed by atoms with Crippen molar-refractivity contribution in [3.8, 4) is 0 Å². The summed E-state index contributed by atoms with van der Waals surface area (Å²) >= 11 is 7.45. The third-order valence-electron chi connectivity index (χ3n) is 0. The average Bonchev–Trinajstić information content (AvgIpc) is 0.811. The average molecular weight is 388 g/mol. The SMILES string of the molecule is [I][Li]([I])[I]. The molecule has 0 aromatic heterocycles. The zero-order valence-electron chi connectivity index (χ0n) is 2.13. The molecule has 0 aromatic carbocycles. The van der Waals surface area contributed by atoms with Gasteiger partial charge in [-0.2, -0.15) is 0 Å². The molecule has 0 aromatic rings. The van der Waals surface area contributed by atoms with Crippen molar-refractivity contribution in [1.29, 1.82) is 0 Å². The van der Waals surface area contributed by atoms with E-state index in [0.29, 0.717) is 0 Å². The Hall–Kier alpha value is 2.79. The van der Waals surface area contributed by atoms with Gasteiger partial charge in [-0.25, -0.2) is 0 Å². The first-order chi connectivity index (χ1) is 1.73. The molecule has 0 N–H and O–H groups in total. The van der Waals surface area contributed by atoms with Crippen LogP contribution in [0, 0.1) is 0 Å². The molecule has 0 saturated heterocycles. The van der Waals surface area contributed by atoms with Crippen LogP contribution in [0.15, 0.2) is 0 Å². The van der Waals surface area contributed by atoms with Gasteiger partial charge in [0.05, 0.1) is 0 Å². The Labute approximate surface area is 63.1 Å². The molecule has 0 bridgehead atoms. The normalized spacial score (nSPS) is 9.00. The quantitative estimate of drug-likeness (QED) is 0.442. The second-order valence-electron chi connectivity index (χ2n) is 0.429. The van der Waals surface area contributed by atoms with E-state index in [2.05, 4.69) is 59.7 Å². The Balaban J connectivity index is 2.32. The summed E-state index contributed by atoms with van der Waals surface area (Å²) in [6.07, 6.45) is 0. The van der Waals surface area contributed by atoms with Crippen LogP contribution in [0.1, 0.15) is 0 Å². The summed E-state index contributed by atoms with van der Waals surface area (Å²) in [7, 11) is 0. The summed E-state index contributed by atoms with van der Waals surface area (Å²) in [6, 6.07) is 0. The minimum absolute atomic E-state index is 0.423. The summed E-state index contributed by atoms with van der Waals surface area (Å²) in [5.41, 5.74) is 0. The summed E-state index contributed by atoms with van der Waals surface area (Å²) in [5.74, 6) is 0. The van der Waals surface area contributed by atoms with Crippen LogP contribution in [-0.4, -0.2) is 5.08 Å². The number of hydrogen-bond donors (Lipinski definition) is 0. The van der Waals surface area contributed by atoms with Gasteiger partial charge in [-0.1, -0.05) is 0 Å². The van der Waals surface area contributed by atoms with Crippen LogP contribution >= 0.6 is 59.7 Å². The fraction of sp³-hybridized carbons (Fsp3) is 0. The Morgan fingerprint density at radius 3 is 1.00 bits per heavy atom. The summed E-state index contributed by atoms with van der Waals surface area (Å²) in [6.45, 7) is 0. The monoisotopic (exact) mass is 388 g/mol. The van der Waals surface area contributed by atoms with Crippen molar-refractivity contribution in [3.63, 3.8) is 0 Å². The van der Waals surface area contributed by atoms with Gasteiger partial charge in [-0.15, -0.1) is 0 Å². The van der Waals surface area contributed by atoms with E-state index in [1.54, 1.807) is 0 Å². The third kappa shape index (κ3) is 8.84. The third-order valence-corrected chi connectivity index (χ3v) is 0. The number of hydrogen-bond acceptors (Lipinski definition) is 0. The van der Waals surface area contributed by atoms with E-state index in [9.17, 15) is 0 Å². The van der Waals surface area contributed by atoms with Crippen LogP contribution in [0.2, 0.25) is 0 Å². The molecule has 0 saturated carbocycles. The van der Waals surface area contributed by atoms with Crippen LogP contribution in [0.3, 0.4) is 0 Å². The van der Waals surface area contributed by atoms with E-state index >= 15 is 0 Å². The molecule has 0 aliphatic rings. The molecule has 0 fully saturated rings. The van der Waals surface area contributed by atoms with Gasteiger partial charge < -0.3 is 0 Å². The molecule has 0 heterocycles. The predicted molar refractivity (Wildman–Crippen MR) is 47.8 cm³/mol. The van der Waals surface area contributed by atoms with Crippen molar-refractivity contribution < 1.29 is 0 Å². The van der Waals surface area contributed by atoms with Crippen LogP contribution in [0.25, 0.3) is 0 Å². The van der Waals surface area contributed by atoms with E-state index in [1.165, 1.54) is 0 Å². The van der Waals surface area contributed by atoms with Crippen molar-refractivity contribution in [2.75, 3.05) is 0 Å². The Morgan fingerprint density at radius 2 is 1.00 bits per heavy atom. The fourth-order valence-corrected chi connectivity index (χ4v) is 0. The molecule has 0 rings (SSSR count). The zero-order valence-corrected chi connectivity index (χ0v) is 8.61. The standard InChI is InChI=1S/3HI.Li/h3*1H;/q;;;+3/p-3. The van der Waals surface area contributed by atoms with E-state index in [1.807, 2.05) is 0 Å². The second-order valence-corrected chi connectivity index (χ2v) is 19.3. The Kier molecular flexibility index (Phi) is 6.72. The van der Waals surface area contributed by atoms with Gasteiger partial charge in [0.25, 0.3) is 0 Å². The van der Waals surface area contributed by atoms with Crippen LogP contribution in [0.4, 0.5) is 0 Å². The molecular weight excluding hydrogens is 388 g/mol. The van der Waals surface area contributed by atoms with Gasteiger partial charge in [0, 0.05) is 0 Å². The predicted octanol–water partition coefficient (Wildman–Crippen LogP) is 2.28. The topological polar surface area (TPSA) is 0 Å². The minimum atomic E-state index is -0.423. The van der Waals surface area contributed by atoms with Gasteiger partial charge >= 0.3 is 64.8 Å². The van der Waals surface area contributed by atoms with Gasteiger partial charge in [0.1, 0.15) is 0 Å². The molecule has 0 aliphatic carbocycles. The zero-order chi connectivity index (χ0) is 3.58.